The van der Waals surface area contributed by atoms with Gasteiger partial charge in [-0.05, 0) is 17.2 Å². The molecule has 0 spiro atoms. The minimum atomic E-state index is -0.992. The third kappa shape index (κ3) is 2.70. The third-order valence-electron chi connectivity index (χ3n) is 5.34. The Morgan fingerprint density at radius 3 is 2.68 bits per heavy atom. The van der Waals surface area contributed by atoms with Crippen LogP contribution in [0.25, 0.3) is 0 Å². The molecule has 3 heterocycles. The molecule has 2 N–H and O–H groups in total. The first-order chi connectivity index (χ1) is 12.1. The predicted octanol–water partition coefficient (Wildman–Crippen LogP) is 0.564. The van der Waals surface area contributed by atoms with Gasteiger partial charge in [0.05, 0.1) is 12.5 Å². The van der Waals surface area contributed by atoms with E-state index in [0.717, 1.165) is 11.1 Å². The van der Waals surface area contributed by atoms with Crippen molar-refractivity contribution < 1.29 is 14.7 Å². The Balaban J connectivity index is 1.54. The van der Waals surface area contributed by atoms with Gasteiger partial charge in [0, 0.05) is 38.6 Å². The van der Waals surface area contributed by atoms with Crippen molar-refractivity contribution in [3.05, 3.63) is 53.9 Å². The first-order valence-electron chi connectivity index (χ1n) is 8.36. The van der Waals surface area contributed by atoms with Crippen molar-refractivity contribution in [1.29, 1.82) is 0 Å². The standard InChI is InChI=1S/C18H20N4O3/c23-16-15-10-21(12-18(15,11-19-16)17(24)25)8-13-4-1-2-5-14(13)9-22-7-3-6-20-22/h1-7,15H,8-12H2,(H,19,23)(H,24,25)/t15-,18+/m0/s1. The predicted molar refractivity (Wildman–Crippen MR) is 89.6 cm³/mol. The zero-order valence-electron chi connectivity index (χ0n) is 13.8. The quantitative estimate of drug-likeness (QED) is 0.831. The molecule has 2 fully saturated rings. The first kappa shape index (κ1) is 15.8. The van der Waals surface area contributed by atoms with Crippen molar-refractivity contribution in [2.24, 2.45) is 11.3 Å². The number of aliphatic carboxylic acids is 1. The van der Waals surface area contributed by atoms with Crippen molar-refractivity contribution in [2.45, 2.75) is 13.1 Å². The Labute approximate surface area is 145 Å². The van der Waals surface area contributed by atoms with E-state index >= 15 is 0 Å². The molecule has 7 heteroatoms. The average molecular weight is 340 g/mol. The molecule has 1 aromatic heterocycles. The number of hydrogen-bond acceptors (Lipinski definition) is 4. The van der Waals surface area contributed by atoms with Gasteiger partial charge in [-0.1, -0.05) is 24.3 Å². The monoisotopic (exact) mass is 340 g/mol. The molecule has 0 radical (unpaired) electrons. The molecule has 0 bridgehead atoms. The van der Waals surface area contributed by atoms with E-state index in [1.807, 2.05) is 29.1 Å². The molecule has 0 aliphatic carbocycles. The van der Waals surface area contributed by atoms with Gasteiger partial charge in [0.2, 0.25) is 5.91 Å². The number of nitrogens with one attached hydrogen (secondary N) is 1. The van der Waals surface area contributed by atoms with Gasteiger partial charge in [-0.3, -0.25) is 19.2 Å². The molecule has 1 aromatic carbocycles. The number of carbonyl (C=O) groups is 2. The second-order valence-corrected chi connectivity index (χ2v) is 6.87. The summed E-state index contributed by atoms with van der Waals surface area (Å²) in [6.45, 7) is 2.40. The molecule has 4 rings (SSSR count). The van der Waals surface area contributed by atoms with Gasteiger partial charge in [-0.25, -0.2) is 0 Å². The second-order valence-electron chi connectivity index (χ2n) is 6.87. The van der Waals surface area contributed by atoms with E-state index in [0.29, 0.717) is 26.2 Å². The molecule has 2 aliphatic heterocycles. The summed E-state index contributed by atoms with van der Waals surface area (Å²) in [4.78, 5) is 25.9. The lowest BCUT2D eigenvalue weighted by Crippen LogP contribution is -2.40. The number of fused-ring (bicyclic) bond motifs is 1. The lowest BCUT2D eigenvalue weighted by molar-refractivity contribution is -0.149. The minimum Gasteiger partial charge on any atom is -0.481 e. The zero-order chi connectivity index (χ0) is 17.4. The summed E-state index contributed by atoms with van der Waals surface area (Å²) in [5.41, 5.74) is 1.30. The summed E-state index contributed by atoms with van der Waals surface area (Å²) < 4.78 is 1.86. The number of benzene rings is 1. The smallest absolute Gasteiger partial charge is 0.313 e. The van der Waals surface area contributed by atoms with Crippen LogP contribution in [0.15, 0.2) is 42.7 Å². The molecule has 130 valence electrons. The van der Waals surface area contributed by atoms with Crippen LogP contribution in [0.1, 0.15) is 11.1 Å². The van der Waals surface area contributed by atoms with Gasteiger partial charge in [0.1, 0.15) is 5.41 Å². The van der Waals surface area contributed by atoms with E-state index in [2.05, 4.69) is 27.4 Å². The Morgan fingerprint density at radius 2 is 2.04 bits per heavy atom. The number of nitrogens with zero attached hydrogens (tertiary/aromatic N) is 3. The van der Waals surface area contributed by atoms with E-state index in [1.165, 1.54) is 0 Å². The minimum absolute atomic E-state index is 0.144. The number of amides is 1. The highest BCUT2D eigenvalue weighted by Gasteiger charge is 2.59. The Kier molecular flexibility index (Phi) is 3.80. The highest BCUT2D eigenvalue weighted by Crippen LogP contribution is 2.40. The van der Waals surface area contributed by atoms with Gasteiger partial charge in [-0.2, -0.15) is 5.10 Å². The Bertz CT molecular complexity index is 804. The maximum Gasteiger partial charge on any atom is 0.313 e. The zero-order valence-corrected chi connectivity index (χ0v) is 13.8. The topological polar surface area (TPSA) is 87.5 Å². The van der Waals surface area contributed by atoms with Crippen LogP contribution in [0.3, 0.4) is 0 Å². The van der Waals surface area contributed by atoms with E-state index < -0.39 is 17.3 Å². The van der Waals surface area contributed by atoms with Crippen LogP contribution in [0, 0.1) is 11.3 Å². The van der Waals surface area contributed by atoms with Crippen LogP contribution in [-0.2, 0) is 22.7 Å². The fourth-order valence-corrected chi connectivity index (χ4v) is 3.98. The van der Waals surface area contributed by atoms with E-state index in [9.17, 15) is 14.7 Å². The largest absolute Gasteiger partial charge is 0.481 e. The first-order valence-corrected chi connectivity index (χ1v) is 8.36. The highest BCUT2D eigenvalue weighted by molar-refractivity contribution is 5.92. The Morgan fingerprint density at radius 1 is 1.28 bits per heavy atom. The van der Waals surface area contributed by atoms with Gasteiger partial charge >= 0.3 is 5.97 Å². The van der Waals surface area contributed by atoms with Crippen molar-refractivity contribution >= 4 is 11.9 Å². The van der Waals surface area contributed by atoms with E-state index in [-0.39, 0.29) is 12.5 Å². The van der Waals surface area contributed by atoms with Crippen LogP contribution in [0.4, 0.5) is 0 Å². The summed E-state index contributed by atoms with van der Waals surface area (Å²) in [5, 5.41) is 16.6. The van der Waals surface area contributed by atoms with Crippen LogP contribution in [0.5, 0.6) is 0 Å². The molecule has 0 unspecified atom stereocenters. The fraction of sp³-hybridized carbons (Fsp3) is 0.389. The number of carboxylic acid groups (broad SMARTS) is 1. The summed E-state index contributed by atoms with van der Waals surface area (Å²) in [6, 6.07) is 9.99. The number of carboxylic acids is 1. The van der Waals surface area contributed by atoms with Crippen LogP contribution < -0.4 is 5.32 Å². The van der Waals surface area contributed by atoms with Crippen LogP contribution in [0.2, 0.25) is 0 Å². The molecule has 0 saturated carbocycles. The lowest BCUT2D eigenvalue weighted by Gasteiger charge is -2.22. The second kappa shape index (κ2) is 6.00. The number of likely N-dealkylation sites (tertiary alicyclic amines) is 1. The van der Waals surface area contributed by atoms with Crippen LogP contribution >= 0.6 is 0 Å². The summed E-state index contributed by atoms with van der Waals surface area (Å²) in [7, 11) is 0. The summed E-state index contributed by atoms with van der Waals surface area (Å²) in [5.74, 6) is -1.50. The third-order valence-corrected chi connectivity index (χ3v) is 5.34. The molecular formula is C18H20N4O3. The van der Waals surface area contributed by atoms with Gasteiger partial charge in [0.15, 0.2) is 0 Å². The molecule has 1 amide bonds. The number of hydrogen-bond donors (Lipinski definition) is 2. The number of aromatic nitrogens is 2. The van der Waals surface area contributed by atoms with Crippen molar-refractivity contribution in [3.63, 3.8) is 0 Å². The molecule has 2 atom stereocenters. The summed E-state index contributed by atoms with van der Waals surface area (Å²) in [6.07, 6.45) is 3.67. The van der Waals surface area contributed by atoms with Gasteiger partial charge < -0.3 is 10.4 Å². The molecule has 7 nitrogen and oxygen atoms in total. The van der Waals surface area contributed by atoms with Crippen molar-refractivity contribution in [1.82, 2.24) is 20.0 Å². The maximum absolute atomic E-state index is 12.0. The SMILES string of the molecule is O=C1NC[C@@]2(C(=O)O)CN(Cc3ccccc3Cn3cccn3)C[C@@H]12. The van der Waals surface area contributed by atoms with Gasteiger partial charge in [0.25, 0.3) is 0 Å². The highest BCUT2D eigenvalue weighted by atomic mass is 16.4. The fourth-order valence-electron chi connectivity index (χ4n) is 3.98. The van der Waals surface area contributed by atoms with Crippen molar-refractivity contribution in [2.75, 3.05) is 19.6 Å². The molecule has 2 aromatic rings. The molecule has 2 saturated heterocycles. The molecule has 2 aliphatic rings. The average Bonchev–Trinajstić information content (AvgIpc) is 3.28. The Hall–Kier alpha value is -2.67. The molecular weight excluding hydrogens is 320 g/mol. The maximum atomic E-state index is 12.0. The number of carbonyl (C=O) groups excluding carboxylic acids is 1. The van der Waals surface area contributed by atoms with E-state index in [4.69, 9.17) is 0 Å². The summed E-state index contributed by atoms with van der Waals surface area (Å²) >= 11 is 0. The molecule has 25 heavy (non-hydrogen) atoms. The number of rotatable bonds is 5. The van der Waals surface area contributed by atoms with E-state index in [1.54, 1.807) is 6.20 Å². The lowest BCUT2D eigenvalue weighted by atomic mass is 9.81. The normalized spacial score (nSPS) is 25.8. The van der Waals surface area contributed by atoms with Gasteiger partial charge in [-0.15, -0.1) is 0 Å². The van der Waals surface area contributed by atoms with Crippen LogP contribution in [-0.4, -0.2) is 51.3 Å². The van der Waals surface area contributed by atoms with Crippen molar-refractivity contribution in [3.8, 4) is 0 Å².